The number of halogens is 3. The fourth-order valence-corrected chi connectivity index (χ4v) is 1.81. The number of nitrogens with two attached hydrogens (primary N) is 3. The fraction of sp³-hybridized carbons (Fsp3) is 0. The van der Waals surface area contributed by atoms with E-state index in [9.17, 15) is 0 Å². The van der Waals surface area contributed by atoms with Crippen molar-refractivity contribution in [2.75, 3.05) is 0 Å². The summed E-state index contributed by atoms with van der Waals surface area (Å²) < 4.78 is 0. The van der Waals surface area contributed by atoms with Crippen LogP contribution in [0.3, 0.4) is 0 Å². The van der Waals surface area contributed by atoms with Gasteiger partial charge in [-0.15, -0.1) is 0 Å². The highest BCUT2D eigenvalue weighted by Crippen LogP contribution is 2.35. The van der Waals surface area contributed by atoms with Crippen molar-refractivity contribution in [3.05, 3.63) is 27.2 Å². The van der Waals surface area contributed by atoms with Gasteiger partial charge in [-0.25, -0.2) is 4.99 Å². The molecule has 0 atom stereocenters. The van der Waals surface area contributed by atoms with Gasteiger partial charge in [0, 0.05) is 5.02 Å². The van der Waals surface area contributed by atoms with Crippen LogP contribution < -0.4 is 17.2 Å². The first kappa shape index (κ1) is 12.9. The molecule has 86 valence electrons. The lowest BCUT2D eigenvalue weighted by Gasteiger charge is -2.02. The van der Waals surface area contributed by atoms with Crippen molar-refractivity contribution in [2.45, 2.75) is 0 Å². The van der Waals surface area contributed by atoms with E-state index < -0.39 is 0 Å². The van der Waals surface area contributed by atoms with Crippen molar-refractivity contribution in [2.24, 2.45) is 27.2 Å². The van der Waals surface area contributed by atoms with Crippen molar-refractivity contribution in [1.82, 2.24) is 0 Å². The summed E-state index contributed by atoms with van der Waals surface area (Å²) in [4.78, 5) is 7.39. The molecule has 16 heavy (non-hydrogen) atoms. The maximum Gasteiger partial charge on any atom is 0.223 e. The fourth-order valence-electron chi connectivity index (χ4n) is 0.913. The molecule has 1 rings (SSSR count). The number of nitrogens with zero attached hydrogens (tertiary/aromatic N) is 2. The van der Waals surface area contributed by atoms with E-state index in [2.05, 4.69) is 9.98 Å². The summed E-state index contributed by atoms with van der Waals surface area (Å²) in [5.74, 6) is -0.353. The van der Waals surface area contributed by atoms with Crippen molar-refractivity contribution < 1.29 is 0 Å². The number of hydrogen-bond donors (Lipinski definition) is 3. The van der Waals surface area contributed by atoms with Crippen molar-refractivity contribution in [1.29, 1.82) is 0 Å². The Balaban J connectivity index is 3.20. The first-order chi connectivity index (χ1) is 7.40. The highest BCUT2D eigenvalue weighted by molar-refractivity contribution is 6.41. The third-order valence-corrected chi connectivity index (χ3v) is 2.25. The van der Waals surface area contributed by atoms with Crippen LogP contribution in [0.1, 0.15) is 0 Å². The molecule has 1 aromatic carbocycles. The lowest BCUT2D eigenvalue weighted by atomic mass is 10.3. The van der Waals surface area contributed by atoms with Gasteiger partial charge < -0.3 is 17.2 Å². The molecule has 1 aromatic rings. The zero-order valence-electron chi connectivity index (χ0n) is 7.92. The first-order valence-electron chi connectivity index (χ1n) is 3.98. The highest BCUT2D eigenvalue weighted by Gasteiger charge is 2.07. The summed E-state index contributed by atoms with van der Waals surface area (Å²) in [6.45, 7) is 0. The normalized spacial score (nSPS) is 11.3. The van der Waals surface area contributed by atoms with Gasteiger partial charge in [0.1, 0.15) is 5.69 Å². The van der Waals surface area contributed by atoms with Crippen LogP contribution in [-0.2, 0) is 0 Å². The summed E-state index contributed by atoms with van der Waals surface area (Å²) in [5, 5.41) is 0.909. The Labute approximate surface area is 107 Å². The molecule has 0 saturated heterocycles. The van der Waals surface area contributed by atoms with Crippen LogP contribution in [0.25, 0.3) is 0 Å². The van der Waals surface area contributed by atoms with E-state index in [1.165, 1.54) is 12.1 Å². The molecule has 0 radical (unpaired) electrons. The van der Waals surface area contributed by atoms with Gasteiger partial charge in [-0.3, -0.25) is 0 Å². The largest absolute Gasteiger partial charge is 0.370 e. The van der Waals surface area contributed by atoms with Gasteiger partial charge in [-0.05, 0) is 12.1 Å². The molecule has 5 nitrogen and oxygen atoms in total. The number of aliphatic imine (C=N–C) groups is 2. The molecule has 0 aliphatic rings. The van der Waals surface area contributed by atoms with Crippen LogP contribution in [-0.4, -0.2) is 11.9 Å². The molecular weight excluding hydrogens is 272 g/mol. The van der Waals surface area contributed by atoms with Crippen LogP contribution in [0.15, 0.2) is 22.1 Å². The number of hydrogen-bond acceptors (Lipinski definition) is 1. The molecule has 0 unspecified atom stereocenters. The van der Waals surface area contributed by atoms with Gasteiger partial charge in [0.25, 0.3) is 0 Å². The average molecular weight is 281 g/mol. The Morgan fingerprint density at radius 2 is 1.50 bits per heavy atom. The molecule has 0 saturated carbocycles. The minimum Gasteiger partial charge on any atom is -0.370 e. The monoisotopic (exact) mass is 279 g/mol. The second-order valence-electron chi connectivity index (χ2n) is 2.72. The van der Waals surface area contributed by atoms with E-state index in [1.54, 1.807) is 0 Å². The number of rotatable bonds is 1. The van der Waals surface area contributed by atoms with Crippen molar-refractivity contribution in [3.63, 3.8) is 0 Å². The van der Waals surface area contributed by atoms with E-state index in [0.29, 0.717) is 5.02 Å². The van der Waals surface area contributed by atoms with Crippen LogP contribution in [0, 0.1) is 0 Å². The van der Waals surface area contributed by atoms with Crippen molar-refractivity contribution in [3.8, 4) is 0 Å². The van der Waals surface area contributed by atoms with Crippen LogP contribution in [0.5, 0.6) is 0 Å². The van der Waals surface area contributed by atoms with E-state index in [1.807, 2.05) is 0 Å². The minimum atomic E-state index is -0.206. The summed E-state index contributed by atoms with van der Waals surface area (Å²) in [5.41, 5.74) is 15.9. The van der Waals surface area contributed by atoms with E-state index in [4.69, 9.17) is 52.0 Å². The van der Waals surface area contributed by atoms with Gasteiger partial charge in [0.2, 0.25) is 5.96 Å². The van der Waals surface area contributed by atoms with Gasteiger partial charge in [-0.2, -0.15) is 4.99 Å². The number of benzene rings is 1. The molecule has 6 N–H and O–H groups in total. The van der Waals surface area contributed by atoms with Crippen LogP contribution in [0.4, 0.5) is 5.69 Å². The third kappa shape index (κ3) is 3.44. The standard InChI is InChI=1S/C8H8Cl3N5/c9-3-1-4(10)6(5(11)2-3)15-8(14)16-7(12)13/h1-2H,(H6,12,13,14,15,16). The predicted octanol–water partition coefficient (Wildman–Crippen LogP) is 1.87. The first-order valence-corrected chi connectivity index (χ1v) is 5.12. The Kier molecular flexibility index (Phi) is 4.23. The quantitative estimate of drug-likeness (QED) is 0.540. The lowest BCUT2D eigenvalue weighted by molar-refractivity contribution is 1.38. The predicted molar refractivity (Wildman–Crippen MR) is 68.6 cm³/mol. The molecule has 0 heterocycles. The maximum atomic E-state index is 5.87. The van der Waals surface area contributed by atoms with Crippen LogP contribution >= 0.6 is 34.8 Å². The Morgan fingerprint density at radius 3 is 1.94 bits per heavy atom. The number of guanidine groups is 2. The summed E-state index contributed by atoms with van der Waals surface area (Å²) in [6.07, 6.45) is 0. The SMILES string of the molecule is NC(N)=NC(N)=Nc1c(Cl)cc(Cl)cc1Cl. The van der Waals surface area contributed by atoms with Gasteiger partial charge in [0.15, 0.2) is 5.96 Å². The van der Waals surface area contributed by atoms with Crippen LogP contribution in [0.2, 0.25) is 15.1 Å². The Morgan fingerprint density at radius 1 is 1.00 bits per heavy atom. The molecular formula is C8H8Cl3N5. The molecule has 0 aromatic heterocycles. The average Bonchev–Trinajstić information content (AvgIpc) is 2.09. The van der Waals surface area contributed by atoms with Gasteiger partial charge in [-0.1, -0.05) is 34.8 Å². The minimum absolute atomic E-state index is 0.147. The van der Waals surface area contributed by atoms with E-state index in [-0.39, 0.29) is 27.7 Å². The summed E-state index contributed by atoms with van der Waals surface area (Å²) >= 11 is 17.5. The molecule has 0 spiro atoms. The summed E-state index contributed by atoms with van der Waals surface area (Å²) in [7, 11) is 0. The summed E-state index contributed by atoms with van der Waals surface area (Å²) in [6, 6.07) is 2.97. The molecule has 8 heteroatoms. The molecule has 0 fully saturated rings. The van der Waals surface area contributed by atoms with Crippen molar-refractivity contribution >= 4 is 52.4 Å². The second kappa shape index (κ2) is 5.25. The lowest BCUT2D eigenvalue weighted by Crippen LogP contribution is -2.26. The van der Waals surface area contributed by atoms with Gasteiger partial charge >= 0.3 is 0 Å². The third-order valence-electron chi connectivity index (χ3n) is 1.45. The highest BCUT2D eigenvalue weighted by atomic mass is 35.5. The zero-order valence-corrected chi connectivity index (χ0v) is 10.2. The Bertz CT molecular complexity index is 442. The van der Waals surface area contributed by atoms with E-state index >= 15 is 0 Å². The van der Waals surface area contributed by atoms with E-state index in [0.717, 1.165) is 0 Å². The zero-order chi connectivity index (χ0) is 12.3. The Hall–Kier alpha value is -1.17. The topological polar surface area (TPSA) is 103 Å². The van der Waals surface area contributed by atoms with Gasteiger partial charge in [0.05, 0.1) is 10.0 Å². The second-order valence-corrected chi connectivity index (χ2v) is 3.98. The molecule has 0 aliphatic heterocycles. The molecule has 0 amide bonds. The molecule has 0 bridgehead atoms. The maximum absolute atomic E-state index is 5.87. The smallest absolute Gasteiger partial charge is 0.223 e. The molecule has 0 aliphatic carbocycles.